The molecule has 0 aliphatic rings. The molecule has 1 aromatic heterocycles. The van der Waals surface area contributed by atoms with Crippen LogP contribution >= 0.6 is 0 Å². The summed E-state index contributed by atoms with van der Waals surface area (Å²) >= 11 is 0. The molecular formula is C12H11N3O5S. The molecule has 0 spiro atoms. The van der Waals surface area contributed by atoms with Gasteiger partial charge in [0.15, 0.2) is 0 Å². The maximum Gasteiger partial charge on any atom is 0.352 e. The number of aromatic amines is 1. The van der Waals surface area contributed by atoms with Gasteiger partial charge in [-0.2, -0.15) is 0 Å². The van der Waals surface area contributed by atoms with Gasteiger partial charge in [-0.1, -0.05) is 0 Å². The summed E-state index contributed by atoms with van der Waals surface area (Å²) in [5.41, 5.74) is 5.30. The fourth-order valence-corrected chi connectivity index (χ4v) is 2.62. The number of hydrogen-bond acceptors (Lipinski definition) is 4. The van der Waals surface area contributed by atoms with Gasteiger partial charge in [0, 0.05) is 17.4 Å². The van der Waals surface area contributed by atoms with E-state index in [2.05, 4.69) is 9.71 Å². The summed E-state index contributed by atoms with van der Waals surface area (Å²) in [7, 11) is -3.92. The Morgan fingerprint density at radius 2 is 1.81 bits per heavy atom. The van der Waals surface area contributed by atoms with E-state index in [-0.39, 0.29) is 21.8 Å². The van der Waals surface area contributed by atoms with E-state index in [1.54, 1.807) is 0 Å². The van der Waals surface area contributed by atoms with Crippen LogP contribution in [-0.4, -0.2) is 30.4 Å². The number of anilines is 1. The van der Waals surface area contributed by atoms with E-state index in [0.717, 1.165) is 12.3 Å². The van der Waals surface area contributed by atoms with Crippen LogP contribution in [0.2, 0.25) is 0 Å². The minimum absolute atomic E-state index is 0.209. The fraction of sp³-hybridized carbons (Fsp3) is 0. The van der Waals surface area contributed by atoms with Crippen LogP contribution in [0.1, 0.15) is 20.8 Å². The van der Waals surface area contributed by atoms with E-state index >= 15 is 0 Å². The number of aromatic carboxylic acids is 1. The second-order valence-electron chi connectivity index (χ2n) is 4.10. The molecule has 2 rings (SSSR count). The number of aromatic nitrogens is 1. The maximum absolute atomic E-state index is 12.0. The maximum atomic E-state index is 12.0. The smallest absolute Gasteiger partial charge is 0.352 e. The summed E-state index contributed by atoms with van der Waals surface area (Å²) in [4.78, 5) is 23.8. The highest BCUT2D eigenvalue weighted by Gasteiger charge is 2.18. The molecule has 9 heteroatoms. The largest absolute Gasteiger partial charge is 0.477 e. The second-order valence-corrected chi connectivity index (χ2v) is 5.78. The molecule has 0 aliphatic heterocycles. The highest BCUT2D eigenvalue weighted by atomic mass is 32.2. The van der Waals surface area contributed by atoms with Crippen LogP contribution in [0.3, 0.4) is 0 Å². The van der Waals surface area contributed by atoms with Gasteiger partial charge in [0.1, 0.15) is 10.6 Å². The summed E-state index contributed by atoms with van der Waals surface area (Å²) in [5, 5.41) is 8.75. The van der Waals surface area contributed by atoms with Gasteiger partial charge in [0.2, 0.25) is 5.91 Å². The average Bonchev–Trinajstić information content (AvgIpc) is 2.89. The van der Waals surface area contributed by atoms with Crippen LogP contribution in [0.15, 0.2) is 41.4 Å². The molecule has 0 unspecified atom stereocenters. The Morgan fingerprint density at radius 1 is 1.19 bits per heavy atom. The topological polar surface area (TPSA) is 142 Å². The monoisotopic (exact) mass is 309 g/mol. The van der Waals surface area contributed by atoms with Gasteiger partial charge in [-0.15, -0.1) is 0 Å². The molecule has 0 radical (unpaired) electrons. The van der Waals surface area contributed by atoms with Crippen LogP contribution in [-0.2, 0) is 10.0 Å². The van der Waals surface area contributed by atoms with Gasteiger partial charge in [-0.3, -0.25) is 9.52 Å². The van der Waals surface area contributed by atoms with E-state index in [9.17, 15) is 18.0 Å². The Bertz CT molecular complexity index is 793. The number of nitrogens with one attached hydrogen (secondary N) is 2. The van der Waals surface area contributed by atoms with E-state index in [1.807, 2.05) is 0 Å². The molecule has 110 valence electrons. The van der Waals surface area contributed by atoms with Crippen LogP contribution in [0.5, 0.6) is 0 Å². The van der Waals surface area contributed by atoms with E-state index < -0.39 is 21.9 Å². The summed E-state index contributed by atoms with van der Waals surface area (Å²) in [6.07, 6.45) is 1.07. The third-order valence-electron chi connectivity index (χ3n) is 2.62. The molecule has 5 N–H and O–H groups in total. The molecule has 0 saturated carbocycles. The number of carboxylic acids is 1. The quantitative estimate of drug-likeness (QED) is 0.640. The Hall–Kier alpha value is -2.81. The van der Waals surface area contributed by atoms with Crippen LogP contribution in [0.4, 0.5) is 5.69 Å². The molecular weight excluding hydrogens is 298 g/mol. The van der Waals surface area contributed by atoms with Gasteiger partial charge in [-0.25, -0.2) is 13.2 Å². The highest BCUT2D eigenvalue weighted by molar-refractivity contribution is 7.92. The minimum atomic E-state index is -3.92. The Labute approximate surface area is 119 Å². The zero-order valence-electron chi connectivity index (χ0n) is 10.5. The molecule has 21 heavy (non-hydrogen) atoms. The summed E-state index contributed by atoms with van der Waals surface area (Å²) < 4.78 is 26.3. The van der Waals surface area contributed by atoms with Crippen molar-refractivity contribution in [2.75, 3.05) is 4.72 Å². The number of nitrogens with two attached hydrogens (primary N) is 1. The van der Waals surface area contributed by atoms with Crippen LogP contribution < -0.4 is 10.5 Å². The van der Waals surface area contributed by atoms with Crippen LogP contribution in [0.25, 0.3) is 0 Å². The third-order valence-corrected chi connectivity index (χ3v) is 3.98. The van der Waals surface area contributed by atoms with E-state index in [4.69, 9.17) is 10.8 Å². The van der Waals surface area contributed by atoms with E-state index in [0.29, 0.717) is 0 Å². The first-order chi connectivity index (χ1) is 9.79. The summed E-state index contributed by atoms with van der Waals surface area (Å²) in [5.74, 6) is -1.89. The number of amides is 1. The number of carbonyl (C=O) groups is 2. The Morgan fingerprint density at radius 3 is 2.29 bits per heavy atom. The number of primary amides is 1. The van der Waals surface area contributed by atoms with Gasteiger partial charge in [0.05, 0.1) is 0 Å². The van der Waals surface area contributed by atoms with Gasteiger partial charge >= 0.3 is 5.97 Å². The molecule has 0 saturated heterocycles. The van der Waals surface area contributed by atoms with Gasteiger partial charge < -0.3 is 15.8 Å². The summed E-state index contributed by atoms with van der Waals surface area (Å²) in [6, 6.07) is 6.51. The Kier molecular flexibility index (Phi) is 3.68. The molecule has 1 aromatic carbocycles. The standard InChI is InChI=1S/C12H11N3O5S/c13-11(16)7-1-3-8(4-2-7)15-21(19,20)9-5-10(12(17)18)14-6-9/h1-6,14-15H,(H2,13,16)(H,17,18). The molecule has 1 heterocycles. The van der Waals surface area contributed by atoms with Crippen molar-refractivity contribution in [3.8, 4) is 0 Å². The second kappa shape index (κ2) is 5.29. The normalized spacial score (nSPS) is 11.0. The SMILES string of the molecule is NC(=O)c1ccc(NS(=O)(=O)c2c[nH]c(C(=O)O)c2)cc1. The van der Waals surface area contributed by atoms with Crippen LogP contribution in [0, 0.1) is 0 Å². The van der Waals surface area contributed by atoms with Crippen molar-refractivity contribution in [1.29, 1.82) is 0 Å². The lowest BCUT2D eigenvalue weighted by Gasteiger charge is -2.06. The lowest BCUT2D eigenvalue weighted by atomic mass is 10.2. The molecule has 0 atom stereocenters. The lowest BCUT2D eigenvalue weighted by Crippen LogP contribution is -2.13. The van der Waals surface area contributed by atoms with Gasteiger partial charge in [-0.05, 0) is 30.3 Å². The van der Waals surface area contributed by atoms with Crippen molar-refractivity contribution >= 4 is 27.6 Å². The van der Waals surface area contributed by atoms with Crippen molar-refractivity contribution < 1.29 is 23.1 Å². The number of sulfonamides is 1. The van der Waals surface area contributed by atoms with Crippen molar-refractivity contribution in [2.45, 2.75) is 4.90 Å². The number of hydrogen-bond donors (Lipinski definition) is 4. The molecule has 0 bridgehead atoms. The number of rotatable bonds is 5. The zero-order valence-corrected chi connectivity index (χ0v) is 11.3. The first kappa shape index (κ1) is 14.6. The zero-order chi connectivity index (χ0) is 15.6. The van der Waals surface area contributed by atoms with Crippen molar-refractivity contribution in [2.24, 2.45) is 5.73 Å². The van der Waals surface area contributed by atoms with E-state index in [1.165, 1.54) is 24.3 Å². The number of carboxylic acid groups (broad SMARTS) is 1. The summed E-state index contributed by atoms with van der Waals surface area (Å²) in [6.45, 7) is 0. The lowest BCUT2D eigenvalue weighted by molar-refractivity contribution is 0.0691. The first-order valence-electron chi connectivity index (χ1n) is 5.64. The highest BCUT2D eigenvalue weighted by Crippen LogP contribution is 2.17. The van der Waals surface area contributed by atoms with Crippen molar-refractivity contribution in [3.05, 3.63) is 47.8 Å². The minimum Gasteiger partial charge on any atom is -0.477 e. The number of carbonyl (C=O) groups excluding carboxylic acids is 1. The Balaban J connectivity index is 2.24. The number of benzene rings is 1. The predicted octanol–water partition coefficient (Wildman–Crippen LogP) is 0.613. The molecule has 0 aliphatic carbocycles. The molecule has 0 fully saturated rings. The number of H-pyrrole nitrogens is 1. The first-order valence-corrected chi connectivity index (χ1v) is 7.12. The molecule has 1 amide bonds. The van der Waals surface area contributed by atoms with Crippen molar-refractivity contribution in [1.82, 2.24) is 4.98 Å². The average molecular weight is 309 g/mol. The predicted molar refractivity (Wildman–Crippen MR) is 73.5 cm³/mol. The fourth-order valence-electron chi connectivity index (χ4n) is 1.57. The molecule has 8 nitrogen and oxygen atoms in total. The van der Waals surface area contributed by atoms with Gasteiger partial charge in [0.25, 0.3) is 10.0 Å². The van der Waals surface area contributed by atoms with Crippen molar-refractivity contribution in [3.63, 3.8) is 0 Å². The molecule has 2 aromatic rings. The third kappa shape index (κ3) is 3.20.